The van der Waals surface area contributed by atoms with Crippen LogP contribution in [0, 0.1) is 11.3 Å². The van der Waals surface area contributed by atoms with Crippen LogP contribution in [0.5, 0.6) is 0 Å². The van der Waals surface area contributed by atoms with E-state index in [0.29, 0.717) is 17.8 Å². The van der Waals surface area contributed by atoms with Gasteiger partial charge in [-0.25, -0.2) is 0 Å². The molecular weight excluding hydrogens is 316 g/mol. The number of nitrogens with zero attached hydrogens (tertiary/aromatic N) is 2. The van der Waals surface area contributed by atoms with Gasteiger partial charge in [0.25, 0.3) is 0 Å². The number of halogens is 1. The summed E-state index contributed by atoms with van der Waals surface area (Å²) in [5.41, 5.74) is 1.95. The van der Waals surface area contributed by atoms with E-state index in [9.17, 15) is 5.11 Å². The summed E-state index contributed by atoms with van der Waals surface area (Å²) in [6.45, 7) is 8.90. The molecule has 0 spiro atoms. The molecule has 2 unspecified atom stereocenters. The van der Waals surface area contributed by atoms with Crippen molar-refractivity contribution in [3.63, 3.8) is 0 Å². The standard InChI is InChI=1S/C16H27BrN2O/c1-6-12-14(17)13(19(5)18-12)10-16(20)8-7-15(3,4)9-11(16)2/h11,20H,6-10H2,1-5H3. The van der Waals surface area contributed by atoms with Gasteiger partial charge in [-0.05, 0) is 52.9 Å². The maximum absolute atomic E-state index is 11.1. The maximum atomic E-state index is 11.1. The average molecular weight is 343 g/mol. The fraction of sp³-hybridized carbons (Fsp3) is 0.812. The maximum Gasteiger partial charge on any atom is 0.0766 e. The first kappa shape index (κ1) is 16.0. The number of aliphatic hydroxyl groups is 1. The first-order valence-corrected chi connectivity index (χ1v) is 8.40. The Morgan fingerprint density at radius 3 is 2.55 bits per heavy atom. The fourth-order valence-corrected chi connectivity index (χ4v) is 4.24. The molecular formula is C16H27BrN2O. The highest BCUT2D eigenvalue weighted by Gasteiger charge is 2.43. The van der Waals surface area contributed by atoms with Gasteiger partial charge in [0.2, 0.25) is 0 Å². The summed E-state index contributed by atoms with van der Waals surface area (Å²) in [5, 5.41) is 15.6. The Bertz CT molecular complexity index is 495. The second-order valence-corrected chi connectivity index (χ2v) is 8.03. The predicted octanol–water partition coefficient (Wildman–Crippen LogP) is 3.86. The van der Waals surface area contributed by atoms with Gasteiger partial charge < -0.3 is 5.11 Å². The van der Waals surface area contributed by atoms with Crippen molar-refractivity contribution >= 4 is 15.9 Å². The summed E-state index contributed by atoms with van der Waals surface area (Å²) in [4.78, 5) is 0. The van der Waals surface area contributed by atoms with Gasteiger partial charge in [-0.1, -0.05) is 27.7 Å². The minimum absolute atomic E-state index is 0.318. The molecule has 0 aromatic carbocycles. The zero-order chi connectivity index (χ0) is 15.1. The van der Waals surface area contributed by atoms with Crippen molar-refractivity contribution in [2.24, 2.45) is 18.4 Å². The van der Waals surface area contributed by atoms with E-state index in [4.69, 9.17) is 0 Å². The molecule has 1 aromatic rings. The highest BCUT2D eigenvalue weighted by atomic mass is 79.9. The van der Waals surface area contributed by atoms with Crippen LogP contribution in [0.3, 0.4) is 0 Å². The van der Waals surface area contributed by atoms with E-state index in [1.165, 1.54) is 0 Å². The summed E-state index contributed by atoms with van der Waals surface area (Å²) in [5.74, 6) is 0.318. The van der Waals surface area contributed by atoms with E-state index in [1.807, 2.05) is 11.7 Å². The van der Waals surface area contributed by atoms with Gasteiger partial charge in [-0.3, -0.25) is 4.68 Å². The van der Waals surface area contributed by atoms with Gasteiger partial charge in [-0.2, -0.15) is 5.10 Å². The van der Waals surface area contributed by atoms with Crippen LogP contribution in [0.1, 0.15) is 58.3 Å². The number of rotatable bonds is 3. The lowest BCUT2D eigenvalue weighted by Gasteiger charge is -2.45. The van der Waals surface area contributed by atoms with E-state index in [2.05, 4.69) is 48.7 Å². The fourth-order valence-electron chi connectivity index (χ4n) is 3.49. The lowest BCUT2D eigenvalue weighted by Crippen LogP contribution is -2.46. The van der Waals surface area contributed by atoms with Gasteiger partial charge in [0, 0.05) is 13.5 Å². The smallest absolute Gasteiger partial charge is 0.0766 e. The van der Waals surface area contributed by atoms with Crippen LogP contribution in [0.15, 0.2) is 4.47 Å². The van der Waals surface area contributed by atoms with Crippen molar-refractivity contribution in [3.8, 4) is 0 Å². The van der Waals surface area contributed by atoms with Gasteiger partial charge >= 0.3 is 0 Å². The Labute approximate surface area is 130 Å². The van der Waals surface area contributed by atoms with Gasteiger partial charge in [0.1, 0.15) is 0 Å². The molecule has 2 atom stereocenters. The Kier molecular flexibility index (Phi) is 4.37. The van der Waals surface area contributed by atoms with Gasteiger partial charge in [0.05, 0.1) is 21.5 Å². The third-order valence-electron chi connectivity index (χ3n) is 4.99. The molecule has 114 valence electrons. The van der Waals surface area contributed by atoms with Gasteiger partial charge in [-0.15, -0.1) is 0 Å². The molecule has 1 aromatic heterocycles. The summed E-state index contributed by atoms with van der Waals surface area (Å²) >= 11 is 3.66. The molecule has 1 N–H and O–H groups in total. The van der Waals surface area contributed by atoms with Crippen molar-refractivity contribution in [2.45, 2.75) is 65.4 Å². The zero-order valence-electron chi connectivity index (χ0n) is 13.3. The van der Waals surface area contributed by atoms with Crippen LogP contribution < -0.4 is 0 Å². The van der Waals surface area contributed by atoms with Crippen LogP contribution in [0.2, 0.25) is 0 Å². The molecule has 1 aliphatic rings. The molecule has 0 aliphatic heterocycles. The predicted molar refractivity (Wildman–Crippen MR) is 85.7 cm³/mol. The van der Waals surface area contributed by atoms with Crippen molar-refractivity contribution in [2.75, 3.05) is 0 Å². The Balaban J connectivity index is 2.23. The molecule has 0 bridgehead atoms. The van der Waals surface area contributed by atoms with Crippen LogP contribution >= 0.6 is 15.9 Å². The molecule has 1 heterocycles. The lowest BCUT2D eigenvalue weighted by atomic mass is 9.64. The van der Waals surface area contributed by atoms with Gasteiger partial charge in [0.15, 0.2) is 0 Å². The van der Waals surface area contributed by atoms with Crippen molar-refractivity contribution in [1.82, 2.24) is 9.78 Å². The molecule has 1 saturated carbocycles. The Morgan fingerprint density at radius 1 is 1.40 bits per heavy atom. The van der Waals surface area contributed by atoms with Crippen LogP contribution in [-0.4, -0.2) is 20.5 Å². The lowest BCUT2D eigenvalue weighted by molar-refractivity contribution is -0.0715. The first-order valence-electron chi connectivity index (χ1n) is 7.61. The number of hydrogen-bond donors (Lipinski definition) is 1. The van der Waals surface area contributed by atoms with E-state index in [1.54, 1.807) is 0 Å². The van der Waals surface area contributed by atoms with Crippen molar-refractivity contribution < 1.29 is 5.11 Å². The summed E-state index contributed by atoms with van der Waals surface area (Å²) in [6, 6.07) is 0. The third-order valence-corrected chi connectivity index (χ3v) is 5.90. The van der Waals surface area contributed by atoms with Crippen molar-refractivity contribution in [3.05, 3.63) is 15.9 Å². The topological polar surface area (TPSA) is 38.0 Å². The minimum Gasteiger partial charge on any atom is -0.389 e. The largest absolute Gasteiger partial charge is 0.389 e. The molecule has 2 rings (SSSR count). The highest BCUT2D eigenvalue weighted by molar-refractivity contribution is 9.10. The second kappa shape index (κ2) is 5.45. The summed E-state index contributed by atoms with van der Waals surface area (Å²) < 4.78 is 3.00. The van der Waals surface area contributed by atoms with Crippen LogP contribution in [0.4, 0.5) is 0 Å². The Hall–Kier alpha value is -0.350. The molecule has 4 heteroatoms. The molecule has 20 heavy (non-hydrogen) atoms. The Morgan fingerprint density at radius 2 is 2.05 bits per heavy atom. The molecule has 3 nitrogen and oxygen atoms in total. The van der Waals surface area contributed by atoms with E-state index in [-0.39, 0.29) is 0 Å². The van der Waals surface area contributed by atoms with Crippen LogP contribution in [-0.2, 0) is 19.9 Å². The van der Waals surface area contributed by atoms with E-state index < -0.39 is 5.60 Å². The number of hydrogen-bond acceptors (Lipinski definition) is 2. The average Bonchev–Trinajstić information content (AvgIpc) is 2.62. The van der Waals surface area contributed by atoms with Crippen molar-refractivity contribution in [1.29, 1.82) is 0 Å². The monoisotopic (exact) mass is 342 g/mol. The van der Waals surface area contributed by atoms with E-state index >= 15 is 0 Å². The normalized spacial score (nSPS) is 29.6. The highest BCUT2D eigenvalue weighted by Crippen LogP contribution is 2.45. The second-order valence-electron chi connectivity index (χ2n) is 7.23. The summed E-state index contributed by atoms with van der Waals surface area (Å²) in [6.07, 6.45) is 4.65. The molecule has 0 saturated heterocycles. The minimum atomic E-state index is -0.600. The molecule has 1 aliphatic carbocycles. The molecule has 0 radical (unpaired) electrons. The number of aromatic nitrogens is 2. The SMILES string of the molecule is CCc1nn(C)c(CC2(O)CCC(C)(C)CC2C)c1Br. The number of aryl methyl sites for hydroxylation is 2. The first-order chi connectivity index (χ1) is 9.18. The third kappa shape index (κ3) is 2.96. The molecule has 0 amide bonds. The zero-order valence-corrected chi connectivity index (χ0v) is 14.9. The van der Waals surface area contributed by atoms with Crippen LogP contribution in [0.25, 0.3) is 0 Å². The van der Waals surface area contributed by atoms with E-state index in [0.717, 1.165) is 41.5 Å². The summed E-state index contributed by atoms with van der Waals surface area (Å²) in [7, 11) is 1.97. The molecule has 1 fully saturated rings. The quantitative estimate of drug-likeness (QED) is 0.905.